The van der Waals surface area contributed by atoms with Crippen molar-refractivity contribution in [3.8, 4) is 22.4 Å². The van der Waals surface area contributed by atoms with Crippen molar-refractivity contribution in [3.05, 3.63) is 78.9 Å². The van der Waals surface area contributed by atoms with Crippen molar-refractivity contribution in [1.82, 2.24) is 4.98 Å². The van der Waals surface area contributed by atoms with Gasteiger partial charge in [0, 0.05) is 5.39 Å². The molecule has 0 unspecified atom stereocenters. The van der Waals surface area contributed by atoms with Gasteiger partial charge in [-0.15, -0.1) is 0 Å². The fourth-order valence-corrected chi connectivity index (χ4v) is 4.80. The van der Waals surface area contributed by atoms with E-state index < -0.39 is 0 Å². The van der Waals surface area contributed by atoms with Crippen LogP contribution in [0, 0.1) is 0 Å². The highest BCUT2D eigenvalue weighted by Crippen LogP contribution is 2.26. The Balaban J connectivity index is 1.73. The SMILES string of the molecule is c1ccc2c(c1)[Si]c1c(-c3ccc4ccccc4n3)cccc1-2. The molecular weight excluding hydrogens is 294 g/mol. The summed E-state index contributed by atoms with van der Waals surface area (Å²) < 4.78 is 0. The van der Waals surface area contributed by atoms with Gasteiger partial charge in [-0.3, -0.25) is 0 Å². The third-order valence-electron chi connectivity index (χ3n) is 4.42. The molecule has 1 nitrogen and oxygen atoms in total. The Bertz CT molecular complexity index is 1050. The molecule has 0 fully saturated rings. The number of hydrogen-bond acceptors (Lipinski definition) is 1. The van der Waals surface area contributed by atoms with E-state index in [1.165, 1.54) is 32.5 Å². The van der Waals surface area contributed by atoms with Gasteiger partial charge in [0.05, 0.1) is 11.2 Å². The number of aromatic nitrogens is 1. The summed E-state index contributed by atoms with van der Waals surface area (Å²) >= 11 is 0. The molecule has 1 aliphatic rings. The van der Waals surface area contributed by atoms with Crippen LogP contribution in [0.1, 0.15) is 0 Å². The molecule has 0 spiro atoms. The predicted octanol–water partition coefficient (Wildman–Crippen LogP) is 3.54. The quantitative estimate of drug-likeness (QED) is 0.432. The first kappa shape index (κ1) is 12.8. The Morgan fingerprint density at radius 1 is 0.609 bits per heavy atom. The van der Waals surface area contributed by atoms with E-state index in [2.05, 4.69) is 72.8 Å². The highest BCUT2D eigenvalue weighted by atomic mass is 28.2. The highest BCUT2D eigenvalue weighted by molar-refractivity contribution is 6.74. The van der Waals surface area contributed by atoms with Crippen molar-refractivity contribution in [2.24, 2.45) is 0 Å². The lowest BCUT2D eigenvalue weighted by molar-refractivity contribution is 1.41. The molecule has 1 aliphatic heterocycles. The summed E-state index contributed by atoms with van der Waals surface area (Å²) in [6, 6.07) is 27.9. The third kappa shape index (κ3) is 1.96. The average Bonchev–Trinajstić information content (AvgIpc) is 3.00. The second-order valence-corrected chi connectivity index (χ2v) is 7.08. The van der Waals surface area contributed by atoms with Crippen LogP contribution in [0.2, 0.25) is 0 Å². The highest BCUT2D eigenvalue weighted by Gasteiger charge is 2.22. The van der Waals surface area contributed by atoms with E-state index in [-0.39, 0.29) is 0 Å². The number of pyridine rings is 1. The van der Waals surface area contributed by atoms with Crippen molar-refractivity contribution in [1.29, 1.82) is 0 Å². The number of hydrogen-bond donors (Lipinski definition) is 0. The summed E-state index contributed by atoms with van der Waals surface area (Å²) in [5, 5.41) is 4.06. The minimum atomic E-state index is 0.712. The summed E-state index contributed by atoms with van der Waals surface area (Å²) in [5.41, 5.74) is 6.14. The van der Waals surface area contributed by atoms with Crippen molar-refractivity contribution in [3.63, 3.8) is 0 Å². The van der Waals surface area contributed by atoms with Crippen molar-refractivity contribution in [2.75, 3.05) is 0 Å². The summed E-state index contributed by atoms with van der Waals surface area (Å²) in [4.78, 5) is 4.89. The van der Waals surface area contributed by atoms with Gasteiger partial charge >= 0.3 is 0 Å². The molecule has 0 saturated heterocycles. The van der Waals surface area contributed by atoms with E-state index in [9.17, 15) is 0 Å². The Morgan fingerprint density at radius 2 is 1.39 bits per heavy atom. The second kappa shape index (κ2) is 4.90. The number of fused-ring (bicyclic) bond motifs is 4. The Morgan fingerprint density at radius 3 is 2.39 bits per heavy atom. The minimum absolute atomic E-state index is 0.712. The fraction of sp³-hybridized carbons (Fsp3) is 0. The molecule has 106 valence electrons. The van der Waals surface area contributed by atoms with E-state index >= 15 is 0 Å². The van der Waals surface area contributed by atoms with Crippen LogP contribution in [0.15, 0.2) is 78.9 Å². The normalized spacial score (nSPS) is 12.2. The van der Waals surface area contributed by atoms with Gasteiger partial charge in [-0.25, -0.2) is 4.98 Å². The lowest BCUT2D eigenvalue weighted by atomic mass is 10.0. The lowest BCUT2D eigenvalue weighted by Gasteiger charge is -2.09. The van der Waals surface area contributed by atoms with Crippen LogP contribution in [-0.4, -0.2) is 14.5 Å². The number of rotatable bonds is 1. The van der Waals surface area contributed by atoms with Crippen molar-refractivity contribution in [2.45, 2.75) is 0 Å². The number of benzene rings is 3. The summed E-state index contributed by atoms with van der Waals surface area (Å²) in [5.74, 6) is 0. The molecule has 0 N–H and O–H groups in total. The van der Waals surface area contributed by atoms with E-state index in [0.717, 1.165) is 11.2 Å². The molecule has 2 radical (unpaired) electrons. The molecule has 5 rings (SSSR count). The maximum Gasteiger partial charge on any atom is 0.124 e. The average molecular weight is 307 g/mol. The van der Waals surface area contributed by atoms with Crippen molar-refractivity contribution < 1.29 is 0 Å². The first-order valence-corrected chi connectivity index (χ1v) is 8.76. The van der Waals surface area contributed by atoms with Gasteiger partial charge in [0.25, 0.3) is 0 Å². The molecule has 0 aliphatic carbocycles. The second-order valence-electron chi connectivity index (χ2n) is 5.79. The Hall–Kier alpha value is -2.71. The maximum atomic E-state index is 4.89. The molecule has 0 saturated carbocycles. The van der Waals surface area contributed by atoms with Crippen LogP contribution in [-0.2, 0) is 0 Å². The van der Waals surface area contributed by atoms with Gasteiger partial charge in [-0.1, -0.05) is 71.9 Å². The zero-order chi connectivity index (χ0) is 15.2. The molecule has 2 heteroatoms. The van der Waals surface area contributed by atoms with Gasteiger partial charge in [-0.2, -0.15) is 0 Å². The molecule has 4 aromatic rings. The smallest absolute Gasteiger partial charge is 0.124 e. The Kier molecular flexibility index (Phi) is 2.72. The maximum absolute atomic E-state index is 4.89. The van der Waals surface area contributed by atoms with Gasteiger partial charge in [-0.05, 0) is 34.0 Å². The summed E-state index contributed by atoms with van der Waals surface area (Å²) in [6.07, 6.45) is 0. The summed E-state index contributed by atoms with van der Waals surface area (Å²) in [7, 11) is 0.712. The van der Waals surface area contributed by atoms with Crippen LogP contribution in [0.3, 0.4) is 0 Å². The topological polar surface area (TPSA) is 12.9 Å². The van der Waals surface area contributed by atoms with E-state index in [1.54, 1.807) is 0 Å². The monoisotopic (exact) mass is 307 g/mol. The third-order valence-corrected chi connectivity index (χ3v) is 5.91. The standard InChI is InChI=1S/C21H13NSi/c1-3-10-18-14(6-1)12-13-19(22-18)17-9-5-8-16-15-7-2-4-11-20(15)23-21(16)17/h1-13H. The fourth-order valence-electron chi connectivity index (χ4n) is 3.30. The molecule has 0 amide bonds. The molecule has 3 aromatic carbocycles. The van der Waals surface area contributed by atoms with E-state index in [1.807, 2.05) is 6.07 Å². The molecular formula is C21H13NSi. The van der Waals surface area contributed by atoms with Crippen LogP contribution in [0.5, 0.6) is 0 Å². The van der Waals surface area contributed by atoms with Gasteiger partial charge in [0.15, 0.2) is 0 Å². The van der Waals surface area contributed by atoms with Crippen LogP contribution in [0.25, 0.3) is 33.3 Å². The van der Waals surface area contributed by atoms with Crippen LogP contribution >= 0.6 is 0 Å². The molecule has 0 atom stereocenters. The van der Waals surface area contributed by atoms with Crippen LogP contribution in [0.4, 0.5) is 0 Å². The van der Waals surface area contributed by atoms with Gasteiger partial charge < -0.3 is 0 Å². The molecule has 23 heavy (non-hydrogen) atoms. The van der Waals surface area contributed by atoms with Crippen LogP contribution < -0.4 is 10.4 Å². The molecule has 0 bridgehead atoms. The first-order chi connectivity index (χ1) is 11.4. The largest absolute Gasteiger partial charge is 0.248 e. The molecule has 2 heterocycles. The predicted molar refractivity (Wildman–Crippen MR) is 97.6 cm³/mol. The van der Waals surface area contributed by atoms with Crippen molar-refractivity contribution >= 4 is 30.8 Å². The molecule has 1 aromatic heterocycles. The zero-order valence-electron chi connectivity index (χ0n) is 12.5. The van der Waals surface area contributed by atoms with E-state index in [0.29, 0.717) is 9.52 Å². The Labute approximate surface area is 137 Å². The first-order valence-electron chi connectivity index (χ1n) is 7.76. The summed E-state index contributed by atoms with van der Waals surface area (Å²) in [6.45, 7) is 0. The van der Waals surface area contributed by atoms with Gasteiger partial charge in [0.2, 0.25) is 0 Å². The van der Waals surface area contributed by atoms with Gasteiger partial charge in [0.1, 0.15) is 9.52 Å². The minimum Gasteiger partial charge on any atom is -0.248 e. The number of para-hydroxylation sites is 1. The number of nitrogens with zero attached hydrogens (tertiary/aromatic N) is 1. The zero-order valence-corrected chi connectivity index (χ0v) is 13.5. The van der Waals surface area contributed by atoms with E-state index in [4.69, 9.17) is 4.98 Å². The lowest BCUT2D eigenvalue weighted by Crippen LogP contribution is -2.22.